The molecule has 1 atom stereocenters. The summed E-state index contributed by atoms with van der Waals surface area (Å²) in [6, 6.07) is 13.1. The lowest BCUT2D eigenvalue weighted by Gasteiger charge is -2.36. The van der Waals surface area contributed by atoms with Crippen LogP contribution in [0.25, 0.3) is 0 Å². The number of aldehydes is 1. The Kier molecular flexibility index (Phi) is 4.31. The number of carbonyl (C=O) groups is 2. The van der Waals surface area contributed by atoms with Crippen molar-refractivity contribution in [3.8, 4) is 23.0 Å². The van der Waals surface area contributed by atoms with E-state index in [1.807, 2.05) is 0 Å². The van der Waals surface area contributed by atoms with E-state index in [1.54, 1.807) is 30.3 Å². The van der Waals surface area contributed by atoms with Crippen molar-refractivity contribution in [1.29, 1.82) is 0 Å². The summed E-state index contributed by atoms with van der Waals surface area (Å²) in [5.41, 5.74) is 6.17. The minimum absolute atomic E-state index is 0.0394. The monoisotopic (exact) mass is 448 g/mol. The number of phenols is 2. The molecule has 1 unspecified atom stereocenters. The molecule has 0 fully saturated rings. The number of thiocarbonyl (C=S) groups is 1. The third-order valence-electron chi connectivity index (χ3n) is 5.60. The fourth-order valence-corrected chi connectivity index (χ4v) is 4.50. The summed E-state index contributed by atoms with van der Waals surface area (Å²) in [5.74, 6) is -0.193. The number of fused-ring (bicyclic) bond motifs is 6. The van der Waals surface area contributed by atoms with Gasteiger partial charge in [-0.05, 0) is 42.0 Å². The molecule has 0 bridgehead atoms. The van der Waals surface area contributed by atoms with E-state index in [4.69, 9.17) is 27.4 Å². The van der Waals surface area contributed by atoms with Crippen molar-refractivity contribution in [1.82, 2.24) is 5.32 Å². The number of rotatable bonds is 3. The SMILES string of the molecule is NC(=S)NC(C=O)c1cccc2c1C(=O)OC21c2ccc(O)cc2Oc2cc(O)ccc21. The molecule has 0 saturated carbocycles. The molecular formula is C23H16N2O6S. The summed E-state index contributed by atoms with van der Waals surface area (Å²) in [6.07, 6.45) is 0.606. The van der Waals surface area contributed by atoms with Crippen LogP contribution in [0.4, 0.5) is 0 Å². The number of hydrogen-bond donors (Lipinski definition) is 4. The Labute approximate surface area is 187 Å². The lowest BCUT2D eigenvalue weighted by Crippen LogP contribution is -2.34. The van der Waals surface area contributed by atoms with Gasteiger partial charge in [-0.3, -0.25) is 0 Å². The van der Waals surface area contributed by atoms with Gasteiger partial charge in [-0.2, -0.15) is 0 Å². The van der Waals surface area contributed by atoms with Crippen molar-refractivity contribution in [2.24, 2.45) is 5.73 Å². The molecule has 2 aliphatic rings. The quantitative estimate of drug-likeness (QED) is 0.271. The van der Waals surface area contributed by atoms with Gasteiger partial charge in [0.05, 0.1) is 5.56 Å². The number of esters is 1. The van der Waals surface area contributed by atoms with Crippen molar-refractivity contribution in [2.75, 3.05) is 0 Å². The fourth-order valence-electron chi connectivity index (χ4n) is 4.37. The number of nitrogens with two attached hydrogens (primary N) is 1. The largest absolute Gasteiger partial charge is 0.508 e. The number of benzene rings is 3. The summed E-state index contributed by atoms with van der Waals surface area (Å²) >= 11 is 4.87. The van der Waals surface area contributed by atoms with E-state index in [9.17, 15) is 19.8 Å². The third-order valence-corrected chi connectivity index (χ3v) is 5.72. The molecule has 0 saturated heterocycles. The van der Waals surface area contributed by atoms with Gasteiger partial charge in [-0.1, -0.05) is 18.2 Å². The van der Waals surface area contributed by atoms with Gasteiger partial charge in [-0.15, -0.1) is 0 Å². The number of carbonyl (C=O) groups excluding carboxylic acids is 2. The highest BCUT2D eigenvalue weighted by Gasteiger charge is 2.54. The van der Waals surface area contributed by atoms with Crippen LogP contribution in [0.1, 0.15) is 38.7 Å². The first-order chi connectivity index (χ1) is 15.3. The zero-order chi connectivity index (χ0) is 22.6. The first-order valence-electron chi connectivity index (χ1n) is 9.58. The summed E-state index contributed by atoms with van der Waals surface area (Å²) < 4.78 is 12.0. The Hall–Kier alpha value is -4.11. The maximum absolute atomic E-state index is 13.2. The second-order valence-electron chi connectivity index (χ2n) is 7.43. The number of ether oxygens (including phenoxy) is 2. The number of aromatic hydroxyl groups is 2. The second-order valence-corrected chi connectivity index (χ2v) is 7.87. The number of phenolic OH excluding ortho intramolecular Hbond substituents is 2. The summed E-state index contributed by atoms with van der Waals surface area (Å²) in [5, 5.41) is 22.6. The van der Waals surface area contributed by atoms with Crippen LogP contribution in [0, 0.1) is 0 Å². The predicted octanol–water partition coefficient (Wildman–Crippen LogP) is 2.74. The number of hydrogen-bond acceptors (Lipinski definition) is 7. The zero-order valence-electron chi connectivity index (χ0n) is 16.4. The molecule has 3 aromatic carbocycles. The van der Waals surface area contributed by atoms with E-state index in [0.717, 1.165) is 0 Å². The molecule has 160 valence electrons. The molecule has 0 amide bonds. The first kappa shape index (κ1) is 19.8. The van der Waals surface area contributed by atoms with E-state index in [-0.39, 0.29) is 33.7 Å². The molecule has 2 aliphatic heterocycles. The predicted molar refractivity (Wildman–Crippen MR) is 117 cm³/mol. The van der Waals surface area contributed by atoms with Gasteiger partial charge in [0, 0.05) is 28.8 Å². The standard InChI is InChI=1S/C23H16N2O6S/c24-22(32)25-17(10-26)13-2-1-3-16-20(13)21(29)31-23(16)14-6-4-11(27)8-18(14)30-19-9-12(28)5-7-15(19)23/h1-10,17,27-28H,(H3,24,25,32). The molecule has 5 rings (SSSR count). The molecule has 0 aliphatic carbocycles. The van der Waals surface area contributed by atoms with Gasteiger partial charge >= 0.3 is 5.97 Å². The van der Waals surface area contributed by atoms with Gasteiger partial charge in [0.15, 0.2) is 10.7 Å². The number of nitrogens with one attached hydrogen (secondary N) is 1. The van der Waals surface area contributed by atoms with E-state index >= 15 is 0 Å². The summed E-state index contributed by atoms with van der Waals surface area (Å²) in [4.78, 5) is 25.0. The molecular weight excluding hydrogens is 432 g/mol. The van der Waals surface area contributed by atoms with Gasteiger partial charge in [0.2, 0.25) is 0 Å². The topological polar surface area (TPSA) is 131 Å². The van der Waals surface area contributed by atoms with Gasteiger partial charge in [0.1, 0.15) is 35.3 Å². The molecule has 9 heteroatoms. The van der Waals surface area contributed by atoms with Crippen LogP contribution in [0.3, 0.4) is 0 Å². The molecule has 0 aromatic heterocycles. The van der Waals surface area contributed by atoms with Gasteiger partial charge in [0.25, 0.3) is 0 Å². The van der Waals surface area contributed by atoms with Crippen LogP contribution in [0.2, 0.25) is 0 Å². The lowest BCUT2D eigenvalue weighted by atomic mass is 9.76. The fraction of sp³-hybridized carbons (Fsp3) is 0.0870. The van der Waals surface area contributed by atoms with Crippen LogP contribution in [0.5, 0.6) is 23.0 Å². The molecule has 5 N–H and O–H groups in total. The van der Waals surface area contributed by atoms with E-state index in [2.05, 4.69) is 5.32 Å². The minimum Gasteiger partial charge on any atom is -0.508 e. The lowest BCUT2D eigenvalue weighted by molar-refractivity contribution is -0.109. The average Bonchev–Trinajstić information content (AvgIpc) is 3.05. The highest BCUT2D eigenvalue weighted by atomic mass is 32.1. The Bertz CT molecular complexity index is 1270. The maximum Gasteiger partial charge on any atom is 0.340 e. The Morgan fingerprint density at radius 1 is 1.03 bits per heavy atom. The van der Waals surface area contributed by atoms with E-state index < -0.39 is 17.6 Å². The average molecular weight is 448 g/mol. The Balaban J connectivity index is 1.83. The maximum atomic E-state index is 13.2. The van der Waals surface area contributed by atoms with Crippen LogP contribution < -0.4 is 15.8 Å². The molecule has 8 nitrogen and oxygen atoms in total. The third kappa shape index (κ3) is 2.71. The molecule has 32 heavy (non-hydrogen) atoms. The molecule has 2 heterocycles. The smallest absolute Gasteiger partial charge is 0.340 e. The van der Waals surface area contributed by atoms with Crippen molar-refractivity contribution in [3.05, 3.63) is 82.4 Å². The van der Waals surface area contributed by atoms with E-state index in [1.165, 1.54) is 24.3 Å². The highest BCUT2D eigenvalue weighted by Crippen LogP contribution is 2.57. The van der Waals surface area contributed by atoms with Crippen molar-refractivity contribution >= 4 is 29.6 Å². The first-order valence-corrected chi connectivity index (χ1v) is 9.99. The van der Waals surface area contributed by atoms with Crippen LogP contribution >= 0.6 is 12.2 Å². The molecule has 3 aromatic rings. The molecule has 1 spiro atoms. The van der Waals surface area contributed by atoms with Crippen molar-refractivity contribution in [2.45, 2.75) is 11.6 Å². The van der Waals surface area contributed by atoms with E-state index in [0.29, 0.717) is 28.5 Å². The second kappa shape index (κ2) is 6.96. The van der Waals surface area contributed by atoms with Crippen molar-refractivity contribution in [3.63, 3.8) is 0 Å². The zero-order valence-corrected chi connectivity index (χ0v) is 17.2. The minimum atomic E-state index is -1.41. The normalized spacial score (nSPS) is 15.6. The van der Waals surface area contributed by atoms with Crippen LogP contribution in [0.15, 0.2) is 54.6 Å². The summed E-state index contributed by atoms with van der Waals surface area (Å²) in [7, 11) is 0. The van der Waals surface area contributed by atoms with Crippen molar-refractivity contribution < 1.29 is 29.3 Å². The Morgan fingerprint density at radius 3 is 2.22 bits per heavy atom. The van der Waals surface area contributed by atoms with Crippen LogP contribution in [-0.2, 0) is 15.1 Å². The Morgan fingerprint density at radius 2 is 1.66 bits per heavy atom. The van der Waals surface area contributed by atoms with Gasteiger partial charge in [-0.25, -0.2) is 4.79 Å². The van der Waals surface area contributed by atoms with Crippen LogP contribution in [-0.4, -0.2) is 27.6 Å². The molecule has 0 radical (unpaired) electrons. The highest BCUT2D eigenvalue weighted by molar-refractivity contribution is 7.80. The van der Waals surface area contributed by atoms with Gasteiger partial charge < -0.3 is 35.5 Å². The summed E-state index contributed by atoms with van der Waals surface area (Å²) in [6.45, 7) is 0.